The number of fused-ring (bicyclic) bond motifs is 1. The third kappa shape index (κ3) is 3.75. The van der Waals surface area contributed by atoms with Crippen molar-refractivity contribution >= 4 is 17.6 Å². The summed E-state index contributed by atoms with van der Waals surface area (Å²) in [5.41, 5.74) is 3.18. The van der Waals surface area contributed by atoms with Crippen LogP contribution >= 0.6 is 0 Å². The molecule has 0 aromatic carbocycles. The van der Waals surface area contributed by atoms with Gasteiger partial charge in [0.05, 0.1) is 12.5 Å². The molecule has 0 bridgehead atoms. The number of rotatable bonds is 4. The van der Waals surface area contributed by atoms with Crippen LogP contribution in [0.5, 0.6) is 0 Å². The van der Waals surface area contributed by atoms with Gasteiger partial charge in [0.15, 0.2) is 5.82 Å². The molecule has 2 aliphatic heterocycles. The van der Waals surface area contributed by atoms with E-state index in [4.69, 9.17) is 9.97 Å². The van der Waals surface area contributed by atoms with Crippen molar-refractivity contribution in [1.29, 1.82) is 0 Å². The van der Waals surface area contributed by atoms with Crippen LogP contribution < -0.4 is 10.5 Å². The van der Waals surface area contributed by atoms with E-state index in [1.807, 2.05) is 31.7 Å². The molecule has 1 saturated heterocycles. The summed E-state index contributed by atoms with van der Waals surface area (Å²) >= 11 is 0. The number of hydrogen-bond acceptors (Lipinski definition) is 5. The number of carbonyl (C=O) groups is 2. The van der Waals surface area contributed by atoms with Crippen LogP contribution in [0.15, 0.2) is 10.9 Å². The van der Waals surface area contributed by atoms with E-state index in [-0.39, 0.29) is 29.0 Å². The Morgan fingerprint density at radius 3 is 2.58 bits per heavy atom. The molecule has 8 heteroatoms. The Hall–Kier alpha value is -3.03. The molecule has 5 rings (SSSR count). The van der Waals surface area contributed by atoms with Crippen LogP contribution in [0, 0.1) is 26.7 Å². The zero-order valence-electron chi connectivity index (χ0n) is 19.8. The molecule has 1 aliphatic carbocycles. The summed E-state index contributed by atoms with van der Waals surface area (Å²) in [7, 11) is 1.69. The van der Waals surface area contributed by atoms with E-state index in [9.17, 15) is 14.4 Å². The monoisotopic (exact) mass is 449 g/mol. The summed E-state index contributed by atoms with van der Waals surface area (Å²) in [6.45, 7) is 6.88. The number of pyridine rings is 1. The van der Waals surface area contributed by atoms with Gasteiger partial charge < -0.3 is 9.47 Å². The largest absolute Gasteiger partial charge is 0.328 e. The predicted octanol–water partition coefficient (Wildman–Crippen LogP) is 2.77. The third-order valence-corrected chi connectivity index (χ3v) is 7.37. The quantitative estimate of drug-likeness (QED) is 0.716. The second-order valence-corrected chi connectivity index (χ2v) is 9.81. The molecule has 2 aromatic heterocycles. The van der Waals surface area contributed by atoms with E-state index >= 15 is 0 Å². The molecule has 1 atom stereocenters. The maximum absolute atomic E-state index is 13.7. The fraction of sp³-hybridized carbons (Fsp3) is 0.560. The summed E-state index contributed by atoms with van der Waals surface area (Å²) in [5.74, 6) is 1.69. The molecule has 2 fully saturated rings. The average molecular weight is 450 g/mol. The van der Waals surface area contributed by atoms with Gasteiger partial charge in [0.25, 0.3) is 11.5 Å². The molecule has 0 unspecified atom stereocenters. The van der Waals surface area contributed by atoms with Crippen molar-refractivity contribution in [2.24, 2.45) is 13.0 Å². The normalized spacial score (nSPS) is 20.4. The highest BCUT2D eigenvalue weighted by Gasteiger charge is 2.38. The molecule has 4 heterocycles. The number of anilines is 1. The molecular formula is C25H31N5O3. The summed E-state index contributed by atoms with van der Waals surface area (Å²) in [4.78, 5) is 52.6. The van der Waals surface area contributed by atoms with Gasteiger partial charge in [-0.15, -0.1) is 0 Å². The fourth-order valence-corrected chi connectivity index (χ4v) is 5.12. The number of aryl methyl sites for hydroxylation is 3. The number of piperidine rings is 1. The molecular weight excluding hydrogens is 418 g/mol. The topological polar surface area (TPSA) is 88.4 Å². The van der Waals surface area contributed by atoms with Gasteiger partial charge in [-0.3, -0.25) is 19.3 Å². The summed E-state index contributed by atoms with van der Waals surface area (Å²) in [6.07, 6.45) is 5.25. The van der Waals surface area contributed by atoms with Gasteiger partial charge in [-0.2, -0.15) is 0 Å². The molecule has 2 amide bonds. The van der Waals surface area contributed by atoms with Crippen LogP contribution in [0.2, 0.25) is 0 Å². The second kappa shape index (κ2) is 8.08. The Labute approximate surface area is 193 Å². The van der Waals surface area contributed by atoms with Crippen LogP contribution in [0.3, 0.4) is 0 Å². The van der Waals surface area contributed by atoms with E-state index in [0.717, 1.165) is 54.9 Å². The number of aromatic nitrogens is 3. The molecule has 0 N–H and O–H groups in total. The molecule has 2 aromatic rings. The first-order valence-electron chi connectivity index (χ1n) is 11.9. The van der Waals surface area contributed by atoms with Gasteiger partial charge in [-0.25, -0.2) is 9.97 Å². The summed E-state index contributed by atoms with van der Waals surface area (Å²) in [6, 6.07) is 1.57. The van der Waals surface area contributed by atoms with Crippen LogP contribution in [-0.2, 0) is 18.3 Å². The fourth-order valence-electron chi connectivity index (χ4n) is 5.12. The molecule has 0 radical (unpaired) electrons. The van der Waals surface area contributed by atoms with E-state index in [1.165, 1.54) is 4.57 Å². The zero-order valence-corrected chi connectivity index (χ0v) is 19.8. The maximum Gasteiger partial charge on any atom is 0.263 e. The smallest absolute Gasteiger partial charge is 0.263 e. The summed E-state index contributed by atoms with van der Waals surface area (Å²) in [5, 5.41) is 0. The number of amides is 2. The van der Waals surface area contributed by atoms with Gasteiger partial charge in [-0.1, -0.05) is 0 Å². The van der Waals surface area contributed by atoms with Crippen molar-refractivity contribution in [1.82, 2.24) is 19.4 Å². The Bertz CT molecular complexity index is 1210. The maximum atomic E-state index is 13.7. The van der Waals surface area contributed by atoms with E-state index in [2.05, 4.69) is 0 Å². The minimum Gasteiger partial charge on any atom is -0.328 e. The van der Waals surface area contributed by atoms with Crippen molar-refractivity contribution in [3.8, 4) is 0 Å². The van der Waals surface area contributed by atoms with Gasteiger partial charge in [0, 0.05) is 37.1 Å². The highest BCUT2D eigenvalue weighted by molar-refractivity contribution is 6.00. The van der Waals surface area contributed by atoms with Crippen LogP contribution in [0.1, 0.15) is 76.8 Å². The van der Waals surface area contributed by atoms with Gasteiger partial charge in [0.1, 0.15) is 11.4 Å². The second-order valence-electron chi connectivity index (χ2n) is 9.81. The van der Waals surface area contributed by atoms with Crippen LogP contribution in [-0.4, -0.2) is 44.3 Å². The first-order valence-corrected chi connectivity index (χ1v) is 11.9. The standard InChI is InChI=1S/C25H31N5O3/c1-14-11-15(2)28(4)24(32)21(14)25(33)29-10-6-5-7-19(29)22-26-16(3)18-12-20(31)30(23(18)27-22)13-17-8-9-17/h11,17,19H,5-10,12-13H2,1-4H3/t19-/m1/s1. The lowest BCUT2D eigenvalue weighted by atomic mass is 9.98. The number of nitrogens with zero attached hydrogens (tertiary/aromatic N) is 5. The van der Waals surface area contributed by atoms with Crippen molar-refractivity contribution in [2.45, 2.75) is 65.3 Å². The van der Waals surface area contributed by atoms with Crippen molar-refractivity contribution in [3.63, 3.8) is 0 Å². The van der Waals surface area contributed by atoms with Crippen LogP contribution in [0.4, 0.5) is 5.82 Å². The van der Waals surface area contributed by atoms with Gasteiger partial charge in [0.2, 0.25) is 5.91 Å². The van der Waals surface area contributed by atoms with Crippen molar-refractivity contribution in [3.05, 3.63) is 50.3 Å². The van der Waals surface area contributed by atoms with E-state index < -0.39 is 0 Å². The Balaban J connectivity index is 1.53. The highest BCUT2D eigenvalue weighted by atomic mass is 16.2. The van der Waals surface area contributed by atoms with Crippen molar-refractivity contribution in [2.75, 3.05) is 18.0 Å². The average Bonchev–Trinajstić information content (AvgIpc) is 3.55. The van der Waals surface area contributed by atoms with E-state index in [0.29, 0.717) is 36.8 Å². The number of likely N-dealkylation sites (tertiary alicyclic amines) is 1. The highest BCUT2D eigenvalue weighted by Crippen LogP contribution is 2.38. The third-order valence-electron chi connectivity index (χ3n) is 7.37. The molecule has 33 heavy (non-hydrogen) atoms. The lowest BCUT2D eigenvalue weighted by Gasteiger charge is -2.35. The Morgan fingerprint density at radius 1 is 1.09 bits per heavy atom. The molecule has 1 saturated carbocycles. The Kier molecular flexibility index (Phi) is 5.34. The minimum absolute atomic E-state index is 0.0850. The molecule has 3 aliphatic rings. The Morgan fingerprint density at radius 2 is 1.85 bits per heavy atom. The molecule has 174 valence electrons. The number of carbonyl (C=O) groups excluding carboxylic acids is 2. The van der Waals surface area contributed by atoms with E-state index in [1.54, 1.807) is 11.9 Å². The lowest BCUT2D eigenvalue weighted by molar-refractivity contribution is -0.117. The number of hydrogen-bond donors (Lipinski definition) is 0. The summed E-state index contributed by atoms with van der Waals surface area (Å²) < 4.78 is 1.52. The molecule has 0 spiro atoms. The first-order chi connectivity index (χ1) is 15.8. The van der Waals surface area contributed by atoms with Gasteiger partial charge in [-0.05, 0) is 70.4 Å². The minimum atomic E-state index is -0.306. The van der Waals surface area contributed by atoms with Gasteiger partial charge >= 0.3 is 0 Å². The molecule has 8 nitrogen and oxygen atoms in total. The zero-order chi connectivity index (χ0) is 23.4. The van der Waals surface area contributed by atoms with Crippen LogP contribution in [0.25, 0.3) is 0 Å². The SMILES string of the molecule is Cc1cc(C)n(C)c(=O)c1C(=O)N1CCCC[C@@H]1c1nc(C)c2c(n1)N(CC1CC1)C(=O)C2. The lowest BCUT2D eigenvalue weighted by Crippen LogP contribution is -2.43. The first kappa shape index (κ1) is 21.8. The predicted molar refractivity (Wildman–Crippen MR) is 124 cm³/mol. The van der Waals surface area contributed by atoms with Crippen molar-refractivity contribution < 1.29 is 9.59 Å².